The van der Waals surface area contributed by atoms with Gasteiger partial charge in [-0.2, -0.15) is 0 Å². The Morgan fingerprint density at radius 1 is 1.12 bits per heavy atom. The maximum atomic E-state index is 6.46. The van der Waals surface area contributed by atoms with E-state index in [4.69, 9.17) is 27.9 Å². The van der Waals surface area contributed by atoms with Gasteiger partial charge >= 0.3 is 0 Å². The van der Waals surface area contributed by atoms with Crippen LogP contribution in [0.15, 0.2) is 30.3 Å². The molecule has 0 aliphatic carbocycles. The summed E-state index contributed by atoms with van der Waals surface area (Å²) in [4.78, 5) is 1.08. The van der Waals surface area contributed by atoms with E-state index >= 15 is 0 Å². The summed E-state index contributed by atoms with van der Waals surface area (Å²) in [5, 5.41) is -0.126. The van der Waals surface area contributed by atoms with Gasteiger partial charge in [0.05, 0.1) is 22.9 Å². The Labute approximate surface area is 114 Å². The van der Waals surface area contributed by atoms with Crippen LogP contribution < -0.4 is 0 Å². The topological polar surface area (TPSA) is 9.23 Å². The highest BCUT2D eigenvalue weighted by molar-refractivity contribution is 7.16. The highest BCUT2D eigenvalue weighted by Gasteiger charge is 2.17. The summed E-state index contributed by atoms with van der Waals surface area (Å²) in [6.07, 6.45) is 0. The molecule has 0 fully saturated rings. The van der Waals surface area contributed by atoms with Gasteiger partial charge in [0.1, 0.15) is 0 Å². The smallest absolute Gasteiger partial charge is 0.0931 e. The second kappa shape index (κ2) is 4.62. The average molecular weight is 285 g/mol. The summed E-state index contributed by atoms with van der Waals surface area (Å²) in [5.41, 5.74) is 3.62. The summed E-state index contributed by atoms with van der Waals surface area (Å²) in [6.45, 7) is 1.41. The second-order valence-corrected chi connectivity index (χ2v) is 6.21. The Balaban J connectivity index is 1.94. The molecule has 17 heavy (non-hydrogen) atoms. The van der Waals surface area contributed by atoms with Gasteiger partial charge in [0.15, 0.2) is 0 Å². The average Bonchev–Trinajstić information content (AvgIpc) is 2.95. The fraction of sp³-hybridized carbons (Fsp3) is 0.231. The number of hydrogen-bond acceptors (Lipinski definition) is 2. The zero-order chi connectivity index (χ0) is 11.8. The molecule has 0 N–H and O–H groups in total. The largest absolute Gasteiger partial charge is 0.372 e. The normalized spacial score (nSPS) is 15.9. The summed E-state index contributed by atoms with van der Waals surface area (Å²) in [6, 6.07) is 10.2. The van der Waals surface area contributed by atoms with Gasteiger partial charge < -0.3 is 4.74 Å². The number of halogens is 2. The van der Waals surface area contributed by atoms with Crippen LogP contribution in [0.5, 0.6) is 0 Å². The molecule has 0 bridgehead atoms. The molecule has 0 spiro atoms. The van der Waals surface area contributed by atoms with Gasteiger partial charge in [-0.1, -0.05) is 29.8 Å². The van der Waals surface area contributed by atoms with Gasteiger partial charge in [-0.05, 0) is 28.8 Å². The number of fused-ring (bicyclic) bond motifs is 1. The van der Waals surface area contributed by atoms with Crippen LogP contribution in [-0.4, -0.2) is 0 Å². The Hall–Kier alpha value is -0.540. The van der Waals surface area contributed by atoms with Crippen molar-refractivity contribution in [2.75, 3.05) is 0 Å². The van der Waals surface area contributed by atoms with Crippen LogP contribution in [0.4, 0.5) is 0 Å². The summed E-state index contributed by atoms with van der Waals surface area (Å²) in [7, 11) is 0. The number of hydrogen-bond donors (Lipinski definition) is 0. The third-order valence-electron chi connectivity index (χ3n) is 2.88. The number of benzene rings is 1. The first-order chi connectivity index (χ1) is 8.24. The SMILES string of the molecule is Clc1ccc(C(Cl)c2ccc3c(c2)COC3)s1. The molecule has 1 aliphatic heterocycles. The van der Waals surface area contributed by atoms with Crippen molar-refractivity contribution in [1.82, 2.24) is 0 Å². The predicted octanol–water partition coefficient (Wildman–Crippen LogP) is 4.76. The van der Waals surface area contributed by atoms with Crippen LogP contribution in [0.3, 0.4) is 0 Å². The molecule has 1 aromatic heterocycles. The first kappa shape index (κ1) is 11.5. The molecule has 1 aliphatic rings. The number of alkyl halides is 1. The molecule has 1 aromatic carbocycles. The Bertz CT molecular complexity index is 550. The van der Waals surface area contributed by atoms with E-state index < -0.39 is 0 Å². The van der Waals surface area contributed by atoms with E-state index in [9.17, 15) is 0 Å². The van der Waals surface area contributed by atoms with E-state index in [-0.39, 0.29) is 5.38 Å². The van der Waals surface area contributed by atoms with E-state index in [1.165, 1.54) is 22.5 Å². The number of thiophene rings is 1. The first-order valence-electron chi connectivity index (χ1n) is 5.33. The van der Waals surface area contributed by atoms with Gasteiger partial charge in [0.2, 0.25) is 0 Å². The quantitative estimate of drug-likeness (QED) is 0.723. The van der Waals surface area contributed by atoms with Crippen LogP contribution in [0.2, 0.25) is 4.34 Å². The fourth-order valence-electron chi connectivity index (χ4n) is 1.98. The Morgan fingerprint density at radius 3 is 2.71 bits per heavy atom. The van der Waals surface area contributed by atoms with Gasteiger partial charge in [-0.25, -0.2) is 0 Å². The molecule has 3 rings (SSSR count). The second-order valence-electron chi connectivity index (χ2n) is 4.03. The van der Waals surface area contributed by atoms with E-state index in [0.717, 1.165) is 14.8 Å². The fourth-order valence-corrected chi connectivity index (χ4v) is 3.39. The highest BCUT2D eigenvalue weighted by atomic mass is 35.5. The van der Waals surface area contributed by atoms with E-state index in [0.29, 0.717) is 13.2 Å². The molecule has 2 aromatic rings. The van der Waals surface area contributed by atoms with Gasteiger partial charge in [0.25, 0.3) is 0 Å². The Morgan fingerprint density at radius 2 is 1.94 bits per heavy atom. The van der Waals surface area contributed by atoms with E-state index in [2.05, 4.69) is 18.2 Å². The van der Waals surface area contributed by atoms with E-state index in [1.54, 1.807) is 0 Å². The molecule has 0 amide bonds. The van der Waals surface area contributed by atoms with Crippen molar-refractivity contribution in [3.8, 4) is 0 Å². The third-order valence-corrected chi connectivity index (χ3v) is 4.79. The molecule has 1 unspecified atom stereocenters. The van der Waals surface area contributed by atoms with Gasteiger partial charge in [-0.3, -0.25) is 0 Å². The molecule has 88 valence electrons. The van der Waals surface area contributed by atoms with Crippen LogP contribution >= 0.6 is 34.5 Å². The molecular weight excluding hydrogens is 275 g/mol. The van der Waals surface area contributed by atoms with Crippen molar-refractivity contribution < 1.29 is 4.74 Å². The maximum absolute atomic E-state index is 6.46. The van der Waals surface area contributed by atoms with Crippen molar-refractivity contribution in [2.24, 2.45) is 0 Å². The lowest BCUT2D eigenvalue weighted by Crippen LogP contribution is -1.92. The van der Waals surface area contributed by atoms with Crippen LogP contribution in [0, 0.1) is 0 Å². The molecule has 2 heterocycles. The first-order valence-corrected chi connectivity index (χ1v) is 6.96. The lowest BCUT2D eigenvalue weighted by Gasteiger charge is -2.09. The summed E-state index contributed by atoms with van der Waals surface area (Å²) < 4.78 is 6.17. The standard InChI is InChI=1S/C13H10Cl2OS/c14-12-4-3-11(17-12)13(15)8-1-2-9-6-16-7-10(9)5-8/h1-5,13H,6-7H2. The maximum Gasteiger partial charge on any atom is 0.0931 e. The van der Waals surface area contributed by atoms with Crippen LogP contribution in [-0.2, 0) is 18.0 Å². The minimum Gasteiger partial charge on any atom is -0.372 e. The molecule has 1 nitrogen and oxygen atoms in total. The lowest BCUT2D eigenvalue weighted by atomic mass is 10.0. The van der Waals surface area contributed by atoms with Crippen LogP contribution in [0.1, 0.15) is 26.9 Å². The van der Waals surface area contributed by atoms with Gasteiger partial charge in [-0.15, -0.1) is 22.9 Å². The van der Waals surface area contributed by atoms with Crippen LogP contribution in [0.25, 0.3) is 0 Å². The number of ether oxygens (including phenoxy) is 1. The molecule has 4 heteroatoms. The van der Waals surface area contributed by atoms with E-state index in [1.807, 2.05) is 12.1 Å². The van der Waals surface area contributed by atoms with Crippen molar-refractivity contribution in [3.63, 3.8) is 0 Å². The molecule has 0 saturated carbocycles. The van der Waals surface area contributed by atoms with Crippen molar-refractivity contribution in [2.45, 2.75) is 18.6 Å². The molecular formula is C13H10Cl2OS. The van der Waals surface area contributed by atoms with Gasteiger partial charge in [0, 0.05) is 4.88 Å². The minimum atomic E-state index is -0.126. The monoisotopic (exact) mass is 284 g/mol. The van der Waals surface area contributed by atoms with Crippen molar-refractivity contribution >= 4 is 34.5 Å². The zero-order valence-electron chi connectivity index (χ0n) is 8.95. The zero-order valence-corrected chi connectivity index (χ0v) is 11.3. The number of rotatable bonds is 2. The minimum absolute atomic E-state index is 0.126. The third kappa shape index (κ3) is 2.23. The Kier molecular flexibility index (Phi) is 3.14. The highest BCUT2D eigenvalue weighted by Crippen LogP contribution is 2.36. The summed E-state index contributed by atoms with van der Waals surface area (Å²) in [5.74, 6) is 0. The predicted molar refractivity (Wildman–Crippen MR) is 72.0 cm³/mol. The molecule has 0 radical (unpaired) electrons. The molecule has 1 atom stereocenters. The molecule has 0 saturated heterocycles. The lowest BCUT2D eigenvalue weighted by molar-refractivity contribution is 0.134. The van der Waals surface area contributed by atoms with Crippen molar-refractivity contribution in [3.05, 3.63) is 56.2 Å². The summed E-state index contributed by atoms with van der Waals surface area (Å²) >= 11 is 13.9. The van der Waals surface area contributed by atoms with Crippen molar-refractivity contribution in [1.29, 1.82) is 0 Å².